The van der Waals surface area contributed by atoms with Crippen LogP contribution in [0, 0.1) is 5.92 Å². The Morgan fingerprint density at radius 2 is 2.19 bits per heavy atom. The Morgan fingerprint density at radius 3 is 2.96 bits per heavy atom. The number of rotatable bonds is 5. The first-order chi connectivity index (χ1) is 13.1. The van der Waals surface area contributed by atoms with E-state index < -0.39 is 0 Å². The Labute approximate surface area is 163 Å². The number of nitrogens with zero attached hydrogens (tertiary/aromatic N) is 4. The summed E-state index contributed by atoms with van der Waals surface area (Å²) in [5.41, 5.74) is 4.23. The first-order valence-electron chi connectivity index (χ1n) is 9.48. The molecule has 1 N–H and O–H groups in total. The van der Waals surface area contributed by atoms with Gasteiger partial charge in [-0.2, -0.15) is 4.98 Å². The number of nitrogens with one attached hydrogen (secondary N) is 1. The van der Waals surface area contributed by atoms with Crippen molar-refractivity contribution in [2.75, 3.05) is 18.5 Å². The van der Waals surface area contributed by atoms with E-state index in [2.05, 4.69) is 46.2 Å². The van der Waals surface area contributed by atoms with Gasteiger partial charge in [-0.1, -0.05) is 26.0 Å². The number of imidazole rings is 1. The van der Waals surface area contributed by atoms with Gasteiger partial charge < -0.3 is 10.1 Å². The number of benzene rings is 1. The Morgan fingerprint density at radius 1 is 1.30 bits per heavy atom. The molecule has 142 valence electrons. The third-order valence-electron chi connectivity index (χ3n) is 4.71. The van der Waals surface area contributed by atoms with Crippen LogP contribution in [0.2, 0.25) is 5.28 Å². The maximum atomic E-state index is 6.26. The number of ether oxygens (including phenoxy) is 1. The molecule has 0 saturated carbocycles. The molecule has 0 spiro atoms. The molecule has 1 atom stereocenters. The van der Waals surface area contributed by atoms with Crippen LogP contribution in [0.4, 0.5) is 5.69 Å². The van der Waals surface area contributed by atoms with Gasteiger partial charge in [-0.15, -0.1) is 0 Å². The van der Waals surface area contributed by atoms with Gasteiger partial charge in [0.15, 0.2) is 5.65 Å². The lowest BCUT2D eigenvalue weighted by Crippen LogP contribution is -2.17. The number of anilines is 1. The van der Waals surface area contributed by atoms with Gasteiger partial charge in [-0.25, -0.2) is 9.97 Å². The minimum atomic E-state index is -0.0402. The van der Waals surface area contributed by atoms with Gasteiger partial charge in [0.05, 0.1) is 6.33 Å². The van der Waals surface area contributed by atoms with Gasteiger partial charge in [0, 0.05) is 24.4 Å². The molecule has 7 heteroatoms. The van der Waals surface area contributed by atoms with E-state index in [1.54, 1.807) is 6.33 Å². The van der Waals surface area contributed by atoms with Gasteiger partial charge in [0.25, 0.3) is 0 Å². The molecule has 0 amide bonds. The summed E-state index contributed by atoms with van der Waals surface area (Å²) in [7, 11) is 0. The predicted molar refractivity (Wildman–Crippen MR) is 108 cm³/mol. The van der Waals surface area contributed by atoms with Crippen molar-refractivity contribution in [3.63, 3.8) is 0 Å². The first-order valence-corrected chi connectivity index (χ1v) is 9.85. The number of fused-ring (bicyclic) bond motifs is 1. The molecule has 1 aliphatic rings. The van der Waals surface area contributed by atoms with Crippen LogP contribution in [-0.2, 0) is 4.74 Å². The standard InChI is InChI=1S/C20H24ClN5O/c1-13(2)11-22-15-7-5-6-14(10-15)17-18-19(25-20(21)24-17)26(12-23-18)16-8-3-4-9-27-16/h5-7,10,12-13,16,22H,3-4,8-9,11H2,1-2H3. The van der Waals surface area contributed by atoms with Gasteiger partial charge in [-0.3, -0.25) is 4.57 Å². The number of hydrogen-bond acceptors (Lipinski definition) is 5. The SMILES string of the molecule is CC(C)CNc1cccc(-c2nc(Cl)nc3c2ncn3C2CCCCO2)c1. The van der Waals surface area contributed by atoms with Crippen LogP contribution in [0.3, 0.4) is 0 Å². The minimum Gasteiger partial charge on any atom is -0.385 e. The second-order valence-corrected chi connectivity index (χ2v) is 7.68. The van der Waals surface area contributed by atoms with Crippen LogP contribution in [0.15, 0.2) is 30.6 Å². The molecular formula is C20H24ClN5O. The number of hydrogen-bond donors (Lipinski definition) is 1. The summed E-state index contributed by atoms with van der Waals surface area (Å²) in [4.78, 5) is 13.5. The molecular weight excluding hydrogens is 362 g/mol. The fourth-order valence-electron chi connectivity index (χ4n) is 3.34. The molecule has 6 nitrogen and oxygen atoms in total. The minimum absolute atomic E-state index is 0.0402. The zero-order chi connectivity index (χ0) is 18.8. The van der Waals surface area contributed by atoms with E-state index in [4.69, 9.17) is 16.3 Å². The Kier molecular flexibility index (Phi) is 5.27. The molecule has 27 heavy (non-hydrogen) atoms. The average molecular weight is 386 g/mol. The van der Waals surface area contributed by atoms with Crippen molar-refractivity contribution in [3.05, 3.63) is 35.9 Å². The summed E-state index contributed by atoms with van der Waals surface area (Å²) >= 11 is 6.26. The van der Waals surface area contributed by atoms with Crippen molar-refractivity contribution in [1.29, 1.82) is 0 Å². The van der Waals surface area contributed by atoms with Crippen LogP contribution < -0.4 is 5.32 Å². The van der Waals surface area contributed by atoms with Gasteiger partial charge in [0.2, 0.25) is 5.28 Å². The average Bonchev–Trinajstić information content (AvgIpc) is 3.10. The van der Waals surface area contributed by atoms with Crippen molar-refractivity contribution in [2.24, 2.45) is 5.92 Å². The highest BCUT2D eigenvalue weighted by Gasteiger charge is 2.21. The monoisotopic (exact) mass is 385 g/mol. The van der Waals surface area contributed by atoms with Crippen molar-refractivity contribution in [3.8, 4) is 11.3 Å². The lowest BCUT2D eigenvalue weighted by Gasteiger charge is -2.23. The molecule has 2 aromatic heterocycles. The fourth-order valence-corrected chi connectivity index (χ4v) is 3.51. The molecule has 1 aromatic carbocycles. The topological polar surface area (TPSA) is 64.9 Å². The largest absolute Gasteiger partial charge is 0.385 e. The molecule has 0 aliphatic carbocycles. The molecule has 1 fully saturated rings. The van der Waals surface area contributed by atoms with Crippen LogP contribution in [0.1, 0.15) is 39.3 Å². The van der Waals surface area contributed by atoms with Gasteiger partial charge >= 0.3 is 0 Å². The summed E-state index contributed by atoms with van der Waals surface area (Å²) in [5, 5.41) is 3.67. The third kappa shape index (κ3) is 3.92. The molecule has 0 radical (unpaired) electrons. The van der Waals surface area contributed by atoms with Crippen molar-refractivity contribution < 1.29 is 4.74 Å². The van der Waals surface area contributed by atoms with Gasteiger partial charge in [-0.05, 0) is 48.9 Å². The van der Waals surface area contributed by atoms with E-state index in [1.807, 2.05) is 16.7 Å². The lowest BCUT2D eigenvalue weighted by molar-refractivity contribution is -0.0298. The fraction of sp³-hybridized carbons (Fsp3) is 0.450. The summed E-state index contributed by atoms with van der Waals surface area (Å²) in [6, 6.07) is 8.17. The second-order valence-electron chi connectivity index (χ2n) is 7.34. The maximum absolute atomic E-state index is 6.26. The van der Waals surface area contributed by atoms with E-state index in [-0.39, 0.29) is 11.5 Å². The lowest BCUT2D eigenvalue weighted by atomic mass is 10.1. The number of halogens is 1. The Hall–Kier alpha value is -2.18. The third-order valence-corrected chi connectivity index (χ3v) is 4.88. The van der Waals surface area contributed by atoms with Crippen LogP contribution >= 0.6 is 11.6 Å². The van der Waals surface area contributed by atoms with Crippen LogP contribution in [0.5, 0.6) is 0 Å². The zero-order valence-corrected chi connectivity index (χ0v) is 16.4. The molecule has 4 rings (SSSR count). The van der Waals surface area contributed by atoms with Crippen LogP contribution in [-0.4, -0.2) is 32.7 Å². The maximum Gasteiger partial charge on any atom is 0.225 e. The van der Waals surface area contributed by atoms with E-state index >= 15 is 0 Å². The van der Waals surface area contributed by atoms with Crippen molar-refractivity contribution in [2.45, 2.75) is 39.3 Å². The van der Waals surface area contributed by atoms with Crippen molar-refractivity contribution >= 4 is 28.5 Å². The van der Waals surface area contributed by atoms with E-state index in [0.29, 0.717) is 5.92 Å². The van der Waals surface area contributed by atoms with Crippen molar-refractivity contribution in [1.82, 2.24) is 19.5 Å². The molecule has 1 unspecified atom stereocenters. The summed E-state index contributed by atoms with van der Waals surface area (Å²) in [5.74, 6) is 0.569. The molecule has 0 bridgehead atoms. The first kappa shape index (κ1) is 18.2. The second kappa shape index (κ2) is 7.82. The highest BCUT2D eigenvalue weighted by molar-refractivity contribution is 6.28. The van der Waals surface area contributed by atoms with E-state index in [0.717, 1.165) is 60.5 Å². The summed E-state index contributed by atoms with van der Waals surface area (Å²) < 4.78 is 7.88. The predicted octanol–water partition coefficient (Wildman–Crippen LogP) is 4.91. The van der Waals surface area contributed by atoms with E-state index in [1.165, 1.54) is 0 Å². The molecule has 3 aromatic rings. The van der Waals surface area contributed by atoms with E-state index in [9.17, 15) is 0 Å². The molecule has 1 saturated heterocycles. The summed E-state index contributed by atoms with van der Waals surface area (Å²) in [6.45, 7) is 6.05. The quantitative estimate of drug-likeness (QED) is 0.632. The Bertz CT molecular complexity index is 933. The zero-order valence-electron chi connectivity index (χ0n) is 15.7. The van der Waals surface area contributed by atoms with Crippen LogP contribution in [0.25, 0.3) is 22.4 Å². The van der Waals surface area contributed by atoms with Gasteiger partial charge in [0.1, 0.15) is 17.4 Å². The Balaban J connectivity index is 1.74. The molecule has 3 heterocycles. The normalized spacial score (nSPS) is 17.6. The number of aromatic nitrogens is 4. The smallest absolute Gasteiger partial charge is 0.225 e. The highest BCUT2D eigenvalue weighted by Crippen LogP contribution is 2.31. The molecule has 1 aliphatic heterocycles. The summed E-state index contributed by atoms with van der Waals surface area (Å²) in [6.07, 6.45) is 4.94. The highest BCUT2D eigenvalue weighted by atomic mass is 35.5.